The lowest BCUT2D eigenvalue weighted by Crippen LogP contribution is -2.28. The Morgan fingerprint density at radius 1 is 0.971 bits per heavy atom. The molecule has 2 aromatic carbocycles. The van der Waals surface area contributed by atoms with Crippen LogP contribution in [0.15, 0.2) is 47.4 Å². The summed E-state index contributed by atoms with van der Waals surface area (Å²) >= 11 is 6.69. The summed E-state index contributed by atoms with van der Waals surface area (Å²) in [7, 11) is 0. The van der Waals surface area contributed by atoms with Gasteiger partial charge in [-0.15, -0.1) is 0 Å². The van der Waals surface area contributed by atoms with Gasteiger partial charge in [-0.3, -0.25) is 9.69 Å². The number of ether oxygens (including phenoxy) is 3. The number of benzene rings is 2. The first-order valence-corrected chi connectivity index (χ1v) is 12.8. The van der Waals surface area contributed by atoms with Crippen LogP contribution in [0.5, 0.6) is 17.2 Å². The summed E-state index contributed by atoms with van der Waals surface area (Å²) in [6.07, 6.45) is 2.72. The molecular formula is C27H33NO4S2. The second-order valence-electron chi connectivity index (χ2n) is 8.94. The Balaban J connectivity index is 1.61. The summed E-state index contributed by atoms with van der Waals surface area (Å²) in [6.45, 7) is 12.5. The van der Waals surface area contributed by atoms with Crippen molar-refractivity contribution in [2.45, 2.75) is 46.5 Å². The topological polar surface area (TPSA) is 48.0 Å². The van der Waals surface area contributed by atoms with Crippen LogP contribution >= 0.6 is 24.0 Å². The molecule has 1 fully saturated rings. The SMILES string of the molecule is CCCN1C(=O)/C(=C\c2ccc(OCCOc3ccc(C(C)(C)C)cc3)c(OCC)c2)SC1=S. The molecule has 0 atom stereocenters. The molecular weight excluding hydrogens is 466 g/mol. The summed E-state index contributed by atoms with van der Waals surface area (Å²) in [6, 6.07) is 13.8. The van der Waals surface area contributed by atoms with Gasteiger partial charge in [-0.2, -0.15) is 0 Å². The molecule has 3 rings (SSSR count). The quantitative estimate of drug-likeness (QED) is 0.213. The van der Waals surface area contributed by atoms with E-state index in [1.165, 1.54) is 17.3 Å². The Hall–Kier alpha value is -2.51. The molecule has 0 radical (unpaired) electrons. The highest BCUT2D eigenvalue weighted by molar-refractivity contribution is 8.26. The van der Waals surface area contributed by atoms with Crippen molar-refractivity contribution in [3.63, 3.8) is 0 Å². The van der Waals surface area contributed by atoms with Gasteiger partial charge in [0.05, 0.1) is 11.5 Å². The maximum atomic E-state index is 12.6. The van der Waals surface area contributed by atoms with Crippen molar-refractivity contribution in [1.29, 1.82) is 0 Å². The Kier molecular flexibility index (Phi) is 9.03. The van der Waals surface area contributed by atoms with Crippen LogP contribution in [0.3, 0.4) is 0 Å². The Labute approximate surface area is 212 Å². The van der Waals surface area contributed by atoms with Crippen LogP contribution in [0.25, 0.3) is 6.08 Å². The van der Waals surface area contributed by atoms with Crippen LogP contribution in [0.2, 0.25) is 0 Å². The fourth-order valence-electron chi connectivity index (χ4n) is 3.43. The lowest BCUT2D eigenvalue weighted by Gasteiger charge is -2.19. The Morgan fingerprint density at radius 2 is 1.68 bits per heavy atom. The maximum absolute atomic E-state index is 12.6. The van der Waals surface area contributed by atoms with Gasteiger partial charge in [0, 0.05) is 6.54 Å². The van der Waals surface area contributed by atoms with Crippen LogP contribution in [0.1, 0.15) is 52.2 Å². The number of hydrogen-bond acceptors (Lipinski definition) is 6. The molecule has 1 saturated heterocycles. The van der Waals surface area contributed by atoms with Gasteiger partial charge in [0.25, 0.3) is 5.91 Å². The number of thioether (sulfide) groups is 1. The smallest absolute Gasteiger partial charge is 0.266 e. The van der Waals surface area contributed by atoms with E-state index in [0.29, 0.717) is 47.1 Å². The third-order valence-corrected chi connectivity index (χ3v) is 6.59. The molecule has 1 aliphatic rings. The molecule has 0 bridgehead atoms. The molecule has 2 aromatic rings. The summed E-state index contributed by atoms with van der Waals surface area (Å²) in [5.41, 5.74) is 2.25. The van der Waals surface area contributed by atoms with Gasteiger partial charge in [-0.25, -0.2) is 0 Å². The normalized spacial score (nSPS) is 15.2. The van der Waals surface area contributed by atoms with E-state index in [0.717, 1.165) is 17.7 Å². The summed E-state index contributed by atoms with van der Waals surface area (Å²) in [5, 5.41) is 0. The van der Waals surface area contributed by atoms with Crippen molar-refractivity contribution in [3.8, 4) is 17.2 Å². The average Bonchev–Trinajstić information content (AvgIpc) is 3.05. The van der Waals surface area contributed by atoms with Gasteiger partial charge < -0.3 is 14.2 Å². The van der Waals surface area contributed by atoms with Crippen molar-refractivity contribution in [2.24, 2.45) is 0 Å². The van der Waals surface area contributed by atoms with Crippen molar-refractivity contribution in [2.75, 3.05) is 26.4 Å². The Morgan fingerprint density at radius 3 is 2.32 bits per heavy atom. The van der Waals surface area contributed by atoms with Gasteiger partial charge in [-0.05, 0) is 60.2 Å². The zero-order chi connectivity index (χ0) is 24.7. The van der Waals surface area contributed by atoms with Crippen molar-refractivity contribution in [1.82, 2.24) is 4.90 Å². The number of thiocarbonyl (C=S) groups is 1. The largest absolute Gasteiger partial charge is 0.490 e. The zero-order valence-electron chi connectivity index (χ0n) is 20.6. The van der Waals surface area contributed by atoms with E-state index in [1.54, 1.807) is 4.90 Å². The number of rotatable bonds is 10. The molecule has 182 valence electrons. The lowest BCUT2D eigenvalue weighted by atomic mass is 9.87. The van der Waals surface area contributed by atoms with E-state index in [1.807, 2.05) is 50.3 Å². The predicted octanol–water partition coefficient (Wildman–Crippen LogP) is 6.45. The van der Waals surface area contributed by atoms with Gasteiger partial charge >= 0.3 is 0 Å². The van der Waals surface area contributed by atoms with Gasteiger partial charge in [0.1, 0.15) is 23.3 Å². The second kappa shape index (κ2) is 11.8. The molecule has 5 nitrogen and oxygen atoms in total. The third-order valence-electron chi connectivity index (χ3n) is 5.22. The van der Waals surface area contributed by atoms with E-state index in [2.05, 4.69) is 32.9 Å². The average molecular weight is 500 g/mol. The first-order valence-electron chi connectivity index (χ1n) is 11.6. The molecule has 0 aliphatic carbocycles. The Bertz CT molecular complexity index is 1040. The molecule has 1 heterocycles. The highest BCUT2D eigenvalue weighted by Gasteiger charge is 2.31. The maximum Gasteiger partial charge on any atom is 0.266 e. The molecule has 0 saturated carbocycles. The summed E-state index contributed by atoms with van der Waals surface area (Å²) < 4.78 is 18.2. The van der Waals surface area contributed by atoms with E-state index in [9.17, 15) is 4.79 Å². The second-order valence-corrected chi connectivity index (χ2v) is 10.6. The van der Waals surface area contributed by atoms with Crippen LogP contribution in [-0.4, -0.2) is 41.5 Å². The highest BCUT2D eigenvalue weighted by Crippen LogP contribution is 2.35. The number of amides is 1. The van der Waals surface area contributed by atoms with Gasteiger partial charge in [0.2, 0.25) is 0 Å². The predicted molar refractivity (Wildman–Crippen MR) is 144 cm³/mol. The summed E-state index contributed by atoms with van der Waals surface area (Å²) in [4.78, 5) is 14.9. The fourth-order valence-corrected chi connectivity index (χ4v) is 4.74. The minimum absolute atomic E-state index is 0.0391. The number of carbonyl (C=O) groups is 1. The minimum Gasteiger partial charge on any atom is -0.490 e. The molecule has 0 unspecified atom stereocenters. The van der Waals surface area contributed by atoms with Crippen LogP contribution in [0.4, 0.5) is 0 Å². The van der Waals surface area contributed by atoms with Crippen LogP contribution < -0.4 is 14.2 Å². The monoisotopic (exact) mass is 499 g/mol. The number of hydrogen-bond donors (Lipinski definition) is 0. The van der Waals surface area contributed by atoms with Crippen LogP contribution in [-0.2, 0) is 10.2 Å². The molecule has 7 heteroatoms. The molecule has 0 aromatic heterocycles. The van der Waals surface area contributed by atoms with E-state index >= 15 is 0 Å². The summed E-state index contributed by atoms with van der Waals surface area (Å²) in [5.74, 6) is 2.05. The van der Waals surface area contributed by atoms with Crippen LogP contribution in [0, 0.1) is 0 Å². The van der Waals surface area contributed by atoms with Crippen molar-refractivity contribution in [3.05, 3.63) is 58.5 Å². The van der Waals surface area contributed by atoms with Crippen molar-refractivity contribution < 1.29 is 19.0 Å². The molecule has 0 spiro atoms. The lowest BCUT2D eigenvalue weighted by molar-refractivity contribution is -0.122. The number of nitrogens with zero attached hydrogens (tertiary/aromatic N) is 1. The van der Waals surface area contributed by atoms with Gasteiger partial charge in [-0.1, -0.05) is 69.9 Å². The van der Waals surface area contributed by atoms with Gasteiger partial charge in [0.15, 0.2) is 11.5 Å². The standard InChI is InChI=1S/C27H33NO4S2/c1-6-14-28-25(29)24(34-26(28)33)18-19-8-13-22(23(17-19)30-7-2)32-16-15-31-21-11-9-20(10-12-21)27(3,4)5/h8-13,17-18H,6-7,14-16H2,1-5H3/b24-18+. The molecule has 1 amide bonds. The minimum atomic E-state index is -0.0391. The zero-order valence-corrected chi connectivity index (χ0v) is 22.2. The van der Waals surface area contributed by atoms with E-state index in [4.69, 9.17) is 26.4 Å². The highest BCUT2D eigenvalue weighted by atomic mass is 32.2. The molecule has 0 N–H and O–H groups in total. The molecule has 34 heavy (non-hydrogen) atoms. The third kappa shape index (κ3) is 6.76. The number of carbonyl (C=O) groups excluding carboxylic acids is 1. The first kappa shape index (κ1) is 26.1. The fraction of sp³-hybridized carbons (Fsp3) is 0.407. The van der Waals surface area contributed by atoms with E-state index < -0.39 is 0 Å². The molecule has 1 aliphatic heterocycles. The van der Waals surface area contributed by atoms with Crippen molar-refractivity contribution >= 4 is 40.3 Å². The first-order chi connectivity index (χ1) is 16.2. The van der Waals surface area contributed by atoms with E-state index in [-0.39, 0.29) is 11.3 Å².